The first-order chi connectivity index (χ1) is 14.2. The zero-order valence-corrected chi connectivity index (χ0v) is 16.2. The molecule has 2 heterocycles. The average Bonchev–Trinajstić information content (AvgIpc) is 3.36. The van der Waals surface area contributed by atoms with Crippen LogP contribution in [-0.4, -0.2) is 17.2 Å². The van der Waals surface area contributed by atoms with Crippen molar-refractivity contribution >= 4 is 24.0 Å². The van der Waals surface area contributed by atoms with E-state index in [1.165, 1.54) is 11.1 Å². The molecular weight excluding hydrogens is 360 g/mol. The second-order valence-electron chi connectivity index (χ2n) is 7.84. The van der Waals surface area contributed by atoms with Gasteiger partial charge >= 0.3 is 0 Å². The molecule has 5 rings (SSSR count). The number of nitrogens with one attached hydrogen (secondary N) is 2. The lowest BCUT2D eigenvalue weighted by atomic mass is 9.81. The Labute approximate surface area is 169 Å². The second kappa shape index (κ2) is 6.89. The number of fused-ring (bicyclic) bond motifs is 2. The largest absolute Gasteiger partial charge is 0.364 e. The van der Waals surface area contributed by atoms with Gasteiger partial charge < -0.3 is 15.1 Å². The highest BCUT2D eigenvalue weighted by molar-refractivity contribution is 6.06. The molecule has 2 aromatic carbocycles. The molecule has 0 saturated carbocycles. The van der Waals surface area contributed by atoms with Crippen LogP contribution >= 0.6 is 0 Å². The maximum atomic E-state index is 12.9. The van der Waals surface area contributed by atoms with Crippen molar-refractivity contribution in [1.29, 1.82) is 0 Å². The summed E-state index contributed by atoms with van der Waals surface area (Å²) >= 11 is 0. The van der Waals surface area contributed by atoms with Gasteiger partial charge in [0, 0.05) is 29.9 Å². The van der Waals surface area contributed by atoms with Gasteiger partial charge in [0.15, 0.2) is 0 Å². The number of anilines is 1. The SMILES string of the molecule is Cc1c[nH]c(CC2C(C3C(=O)Nc4ccccc43)=Cc3ccccc32)c1CC=O. The van der Waals surface area contributed by atoms with E-state index in [0.29, 0.717) is 6.42 Å². The maximum absolute atomic E-state index is 12.9. The normalized spacial score (nSPS) is 19.5. The van der Waals surface area contributed by atoms with Crippen LogP contribution in [0.15, 0.2) is 60.3 Å². The Kier molecular flexibility index (Phi) is 4.20. The molecule has 29 heavy (non-hydrogen) atoms. The van der Waals surface area contributed by atoms with E-state index < -0.39 is 0 Å². The average molecular weight is 382 g/mol. The number of benzene rings is 2. The van der Waals surface area contributed by atoms with Crippen molar-refractivity contribution < 1.29 is 9.59 Å². The van der Waals surface area contributed by atoms with Gasteiger partial charge in [0.1, 0.15) is 6.29 Å². The second-order valence-corrected chi connectivity index (χ2v) is 7.84. The van der Waals surface area contributed by atoms with Crippen LogP contribution in [0.4, 0.5) is 5.69 Å². The zero-order valence-electron chi connectivity index (χ0n) is 16.2. The summed E-state index contributed by atoms with van der Waals surface area (Å²) < 4.78 is 0. The first-order valence-electron chi connectivity index (χ1n) is 9.97. The van der Waals surface area contributed by atoms with E-state index >= 15 is 0 Å². The third-order valence-electron chi connectivity index (χ3n) is 6.22. The van der Waals surface area contributed by atoms with Crippen LogP contribution in [0.5, 0.6) is 0 Å². The van der Waals surface area contributed by atoms with Crippen LogP contribution in [0.2, 0.25) is 0 Å². The van der Waals surface area contributed by atoms with Crippen molar-refractivity contribution in [3.05, 3.63) is 93.8 Å². The summed E-state index contributed by atoms with van der Waals surface area (Å²) in [6.45, 7) is 2.03. The Balaban J connectivity index is 1.59. The van der Waals surface area contributed by atoms with Crippen LogP contribution < -0.4 is 5.32 Å². The maximum Gasteiger partial charge on any atom is 0.236 e. The number of carbonyl (C=O) groups excluding carboxylic acids is 2. The summed E-state index contributed by atoms with van der Waals surface area (Å²) in [5, 5.41) is 3.04. The van der Waals surface area contributed by atoms with Gasteiger partial charge in [-0.15, -0.1) is 0 Å². The molecule has 1 aliphatic heterocycles. The van der Waals surface area contributed by atoms with E-state index in [9.17, 15) is 9.59 Å². The summed E-state index contributed by atoms with van der Waals surface area (Å²) in [5.74, 6) is -0.156. The topological polar surface area (TPSA) is 62.0 Å². The number of hydrogen-bond donors (Lipinski definition) is 2. The molecule has 0 bridgehead atoms. The molecule has 4 heteroatoms. The standard InChI is InChI=1S/C25H22N2O2/c1-15-14-26-23(17(15)10-11-28)13-20-18-7-3-2-6-16(18)12-21(20)24-19-8-4-5-9-22(19)27-25(24)29/h2-9,11-12,14,20,24,26H,10,13H2,1H3,(H,27,29). The minimum absolute atomic E-state index is 0.0334. The highest BCUT2D eigenvalue weighted by atomic mass is 16.2. The lowest BCUT2D eigenvalue weighted by Crippen LogP contribution is -2.18. The predicted molar refractivity (Wildman–Crippen MR) is 114 cm³/mol. The van der Waals surface area contributed by atoms with Crippen molar-refractivity contribution in [3.63, 3.8) is 0 Å². The fourth-order valence-corrected chi connectivity index (χ4v) is 4.83. The molecule has 4 nitrogen and oxygen atoms in total. The lowest BCUT2D eigenvalue weighted by Gasteiger charge is -2.21. The number of H-pyrrole nitrogens is 1. The molecule has 2 unspecified atom stereocenters. The molecule has 2 atom stereocenters. The number of hydrogen-bond acceptors (Lipinski definition) is 2. The Morgan fingerprint density at radius 2 is 1.79 bits per heavy atom. The Morgan fingerprint density at radius 3 is 2.62 bits per heavy atom. The minimum Gasteiger partial charge on any atom is -0.364 e. The summed E-state index contributed by atoms with van der Waals surface area (Å²) in [7, 11) is 0. The van der Waals surface area contributed by atoms with Crippen molar-refractivity contribution in [2.24, 2.45) is 0 Å². The molecular formula is C25H22N2O2. The first-order valence-corrected chi connectivity index (χ1v) is 9.97. The van der Waals surface area contributed by atoms with E-state index in [0.717, 1.165) is 46.4 Å². The number of para-hydroxylation sites is 1. The quantitative estimate of drug-likeness (QED) is 0.637. The highest BCUT2D eigenvalue weighted by Gasteiger charge is 2.39. The van der Waals surface area contributed by atoms with Gasteiger partial charge in [-0.1, -0.05) is 48.5 Å². The van der Waals surface area contributed by atoms with Crippen LogP contribution in [0.1, 0.15) is 45.3 Å². The van der Waals surface area contributed by atoms with Gasteiger partial charge in [0.2, 0.25) is 5.91 Å². The molecule has 0 spiro atoms. The number of rotatable bonds is 5. The van der Waals surface area contributed by atoms with E-state index in [1.54, 1.807) is 0 Å². The fourth-order valence-electron chi connectivity index (χ4n) is 4.83. The molecule has 2 aliphatic rings. The molecule has 0 fully saturated rings. The lowest BCUT2D eigenvalue weighted by molar-refractivity contribution is -0.116. The molecule has 2 N–H and O–H groups in total. The van der Waals surface area contributed by atoms with Crippen molar-refractivity contribution in [3.8, 4) is 0 Å². The van der Waals surface area contributed by atoms with Crippen molar-refractivity contribution in [1.82, 2.24) is 4.98 Å². The Morgan fingerprint density at radius 1 is 1.03 bits per heavy atom. The number of aromatic amines is 1. The Bertz CT molecular complexity index is 1160. The third-order valence-corrected chi connectivity index (χ3v) is 6.22. The summed E-state index contributed by atoms with van der Waals surface area (Å²) in [6, 6.07) is 16.3. The molecule has 3 aromatic rings. The Hall–Kier alpha value is -3.40. The number of aldehydes is 1. The van der Waals surface area contributed by atoms with Crippen LogP contribution in [0.3, 0.4) is 0 Å². The fraction of sp³-hybridized carbons (Fsp3) is 0.200. The highest BCUT2D eigenvalue weighted by Crippen LogP contribution is 2.49. The minimum atomic E-state index is -0.283. The third kappa shape index (κ3) is 2.83. The molecule has 144 valence electrons. The number of carbonyl (C=O) groups is 2. The summed E-state index contributed by atoms with van der Waals surface area (Å²) in [4.78, 5) is 27.5. The molecule has 0 radical (unpaired) electrons. The summed E-state index contributed by atoms with van der Waals surface area (Å²) in [5.41, 5.74) is 8.72. The molecule has 1 aliphatic carbocycles. The van der Waals surface area contributed by atoms with Crippen LogP contribution in [0.25, 0.3) is 6.08 Å². The monoisotopic (exact) mass is 382 g/mol. The van der Waals surface area contributed by atoms with Crippen LogP contribution in [-0.2, 0) is 22.4 Å². The predicted octanol–water partition coefficient (Wildman–Crippen LogP) is 4.52. The van der Waals surface area contributed by atoms with Gasteiger partial charge in [-0.3, -0.25) is 4.79 Å². The number of amides is 1. The molecule has 0 saturated heterocycles. The van der Waals surface area contributed by atoms with E-state index in [2.05, 4.69) is 34.6 Å². The zero-order chi connectivity index (χ0) is 20.0. The van der Waals surface area contributed by atoms with E-state index in [-0.39, 0.29) is 17.7 Å². The summed E-state index contributed by atoms with van der Waals surface area (Å²) in [6.07, 6.45) is 6.26. The van der Waals surface area contributed by atoms with Gasteiger partial charge in [-0.05, 0) is 52.8 Å². The smallest absolute Gasteiger partial charge is 0.236 e. The van der Waals surface area contributed by atoms with Gasteiger partial charge in [-0.2, -0.15) is 0 Å². The number of aromatic nitrogens is 1. The van der Waals surface area contributed by atoms with Crippen molar-refractivity contribution in [2.75, 3.05) is 5.32 Å². The van der Waals surface area contributed by atoms with Gasteiger partial charge in [0.25, 0.3) is 0 Å². The number of aryl methyl sites for hydroxylation is 1. The van der Waals surface area contributed by atoms with E-state index in [4.69, 9.17) is 0 Å². The van der Waals surface area contributed by atoms with Gasteiger partial charge in [0.05, 0.1) is 5.92 Å². The molecule has 1 aromatic heterocycles. The van der Waals surface area contributed by atoms with Gasteiger partial charge in [-0.25, -0.2) is 0 Å². The first kappa shape index (κ1) is 17.7. The van der Waals surface area contributed by atoms with Crippen LogP contribution in [0, 0.1) is 6.92 Å². The molecule has 1 amide bonds. The van der Waals surface area contributed by atoms with Crippen molar-refractivity contribution in [2.45, 2.75) is 31.6 Å². The van der Waals surface area contributed by atoms with E-state index in [1.807, 2.05) is 43.5 Å².